The highest BCUT2D eigenvalue weighted by molar-refractivity contribution is 14.0. The van der Waals surface area contributed by atoms with Crippen LogP contribution in [0.15, 0.2) is 4.99 Å². The Morgan fingerprint density at radius 2 is 1.90 bits per heavy atom. The van der Waals surface area contributed by atoms with Gasteiger partial charge < -0.3 is 20.3 Å². The summed E-state index contributed by atoms with van der Waals surface area (Å²) >= 11 is 1.78. The number of halogens is 1. The van der Waals surface area contributed by atoms with Crippen molar-refractivity contribution >= 4 is 57.8 Å². The molecule has 0 bridgehead atoms. The number of alkyl carbamates (subject to hydrolysis) is 1. The van der Waals surface area contributed by atoms with Gasteiger partial charge >= 0.3 is 6.09 Å². The van der Waals surface area contributed by atoms with Gasteiger partial charge in [0.15, 0.2) is 5.96 Å². The highest BCUT2D eigenvalue weighted by Gasteiger charge is 2.28. The van der Waals surface area contributed by atoms with E-state index in [1.54, 1.807) is 16.1 Å². The average molecular weight is 578 g/mol. The van der Waals surface area contributed by atoms with Crippen LogP contribution in [-0.4, -0.2) is 97.8 Å². The molecule has 0 aromatic carbocycles. The van der Waals surface area contributed by atoms with Gasteiger partial charge in [-0.2, -0.15) is 11.8 Å². The topological polar surface area (TPSA) is 103 Å². The molecule has 2 saturated heterocycles. The first-order valence-electron chi connectivity index (χ1n) is 10.2. The van der Waals surface area contributed by atoms with Crippen LogP contribution in [0.2, 0.25) is 0 Å². The first-order chi connectivity index (χ1) is 13.6. The monoisotopic (exact) mass is 577 g/mol. The molecule has 12 heteroatoms. The van der Waals surface area contributed by atoms with Gasteiger partial charge in [-0.05, 0) is 34.1 Å². The van der Waals surface area contributed by atoms with E-state index in [0.717, 1.165) is 24.5 Å². The van der Waals surface area contributed by atoms with E-state index in [1.807, 2.05) is 27.7 Å². The molecule has 1 unspecified atom stereocenters. The van der Waals surface area contributed by atoms with Crippen LogP contribution in [0.4, 0.5) is 4.79 Å². The van der Waals surface area contributed by atoms with Crippen LogP contribution in [0.1, 0.15) is 34.1 Å². The standard InChI is InChI=1S/C18H35N5O4S2.HI/c1-5-19-16(20-7-13-29(25,26)23-9-11-28-12-10-23)22-8-6-15(14-22)21-17(24)27-18(2,3)4;/h15H,5-14H2,1-4H3,(H,19,20)(H,21,24);1H. The molecular weight excluding hydrogens is 541 g/mol. The Kier molecular flexibility index (Phi) is 11.5. The van der Waals surface area contributed by atoms with Crippen LogP contribution in [0, 0.1) is 0 Å². The number of nitrogens with one attached hydrogen (secondary N) is 2. The fourth-order valence-electron chi connectivity index (χ4n) is 3.19. The number of guanidine groups is 1. The first kappa shape index (κ1) is 27.6. The smallest absolute Gasteiger partial charge is 0.407 e. The predicted octanol–water partition coefficient (Wildman–Crippen LogP) is 1.55. The minimum absolute atomic E-state index is 0. The van der Waals surface area contributed by atoms with Crippen molar-refractivity contribution in [2.75, 3.05) is 56.5 Å². The second-order valence-corrected chi connectivity index (χ2v) is 11.5. The van der Waals surface area contributed by atoms with Crippen molar-refractivity contribution in [1.82, 2.24) is 19.8 Å². The van der Waals surface area contributed by atoms with Crippen LogP contribution in [-0.2, 0) is 14.8 Å². The van der Waals surface area contributed by atoms with Crippen molar-refractivity contribution in [3.8, 4) is 0 Å². The maximum atomic E-state index is 12.5. The van der Waals surface area contributed by atoms with E-state index in [9.17, 15) is 13.2 Å². The minimum atomic E-state index is -3.27. The van der Waals surface area contributed by atoms with Gasteiger partial charge in [0.1, 0.15) is 5.60 Å². The van der Waals surface area contributed by atoms with Crippen LogP contribution in [0.25, 0.3) is 0 Å². The minimum Gasteiger partial charge on any atom is -0.444 e. The van der Waals surface area contributed by atoms with E-state index < -0.39 is 21.7 Å². The van der Waals surface area contributed by atoms with Crippen LogP contribution in [0.5, 0.6) is 0 Å². The third kappa shape index (κ3) is 9.35. The lowest BCUT2D eigenvalue weighted by Crippen LogP contribution is -2.44. The molecule has 1 amide bonds. The molecule has 2 N–H and O–H groups in total. The predicted molar refractivity (Wildman–Crippen MR) is 133 cm³/mol. The van der Waals surface area contributed by atoms with Crippen LogP contribution < -0.4 is 10.6 Å². The zero-order valence-electron chi connectivity index (χ0n) is 18.3. The molecule has 30 heavy (non-hydrogen) atoms. The van der Waals surface area contributed by atoms with Crippen molar-refractivity contribution < 1.29 is 17.9 Å². The number of hydrogen-bond donors (Lipinski definition) is 2. The van der Waals surface area contributed by atoms with Gasteiger partial charge in [-0.3, -0.25) is 4.99 Å². The van der Waals surface area contributed by atoms with E-state index in [-0.39, 0.29) is 42.3 Å². The van der Waals surface area contributed by atoms with Crippen molar-refractivity contribution in [1.29, 1.82) is 0 Å². The van der Waals surface area contributed by atoms with Crippen molar-refractivity contribution in [3.05, 3.63) is 0 Å². The van der Waals surface area contributed by atoms with Gasteiger partial charge in [0.25, 0.3) is 0 Å². The Labute approximate surface area is 202 Å². The molecule has 0 saturated carbocycles. The molecule has 0 aromatic rings. The first-order valence-corrected chi connectivity index (χ1v) is 13.0. The highest BCUT2D eigenvalue weighted by Crippen LogP contribution is 2.14. The Balaban J connectivity index is 0.00000450. The van der Waals surface area contributed by atoms with Gasteiger partial charge in [-0.15, -0.1) is 24.0 Å². The quantitative estimate of drug-likeness (QED) is 0.281. The summed E-state index contributed by atoms with van der Waals surface area (Å²) in [5, 5.41) is 6.12. The number of nitrogens with zero attached hydrogens (tertiary/aromatic N) is 3. The molecular formula is C18H36IN5O4S2. The molecule has 2 fully saturated rings. The van der Waals surface area contributed by atoms with E-state index in [1.165, 1.54) is 0 Å². The summed E-state index contributed by atoms with van der Waals surface area (Å²) in [5.41, 5.74) is -0.530. The molecule has 2 heterocycles. The lowest BCUT2D eigenvalue weighted by molar-refractivity contribution is 0.0507. The van der Waals surface area contributed by atoms with Gasteiger partial charge in [0.2, 0.25) is 10.0 Å². The third-order valence-electron chi connectivity index (χ3n) is 4.52. The molecule has 0 spiro atoms. The molecule has 2 aliphatic rings. The van der Waals surface area contributed by atoms with Gasteiger partial charge in [0, 0.05) is 44.2 Å². The molecule has 0 radical (unpaired) electrons. The molecule has 0 aliphatic carbocycles. The van der Waals surface area contributed by atoms with Gasteiger partial charge in [-0.1, -0.05) is 0 Å². The second-order valence-electron chi connectivity index (χ2n) is 8.14. The number of carbonyl (C=O) groups excluding carboxylic acids is 1. The Morgan fingerprint density at radius 3 is 2.50 bits per heavy atom. The molecule has 0 aromatic heterocycles. The van der Waals surface area contributed by atoms with Gasteiger partial charge in [0.05, 0.1) is 18.3 Å². The van der Waals surface area contributed by atoms with Crippen molar-refractivity contribution in [2.24, 2.45) is 4.99 Å². The van der Waals surface area contributed by atoms with Crippen LogP contribution >= 0.6 is 35.7 Å². The summed E-state index contributed by atoms with van der Waals surface area (Å²) in [5.74, 6) is 2.40. The second kappa shape index (κ2) is 12.5. The fourth-order valence-corrected chi connectivity index (χ4v) is 5.64. The summed E-state index contributed by atoms with van der Waals surface area (Å²) in [6.07, 6.45) is 0.366. The number of ether oxygens (including phenoxy) is 1. The number of rotatable bonds is 6. The summed E-state index contributed by atoms with van der Waals surface area (Å²) in [4.78, 5) is 18.6. The zero-order chi connectivity index (χ0) is 21.5. The van der Waals surface area contributed by atoms with Crippen molar-refractivity contribution in [3.63, 3.8) is 0 Å². The normalized spacial score (nSPS) is 21.1. The van der Waals surface area contributed by atoms with Crippen LogP contribution in [0.3, 0.4) is 0 Å². The molecule has 2 rings (SSSR count). The van der Waals surface area contributed by atoms with E-state index in [0.29, 0.717) is 32.1 Å². The third-order valence-corrected chi connectivity index (χ3v) is 7.31. The number of hydrogen-bond acceptors (Lipinski definition) is 6. The number of aliphatic imine (C=N–C) groups is 1. The Bertz CT molecular complexity index is 679. The lowest BCUT2D eigenvalue weighted by atomic mass is 10.2. The maximum Gasteiger partial charge on any atom is 0.407 e. The Morgan fingerprint density at radius 1 is 1.23 bits per heavy atom. The van der Waals surface area contributed by atoms with Crippen molar-refractivity contribution in [2.45, 2.75) is 45.8 Å². The van der Waals surface area contributed by atoms with Gasteiger partial charge in [-0.25, -0.2) is 17.5 Å². The number of thioether (sulfide) groups is 1. The SMILES string of the molecule is CCNC(=NCCS(=O)(=O)N1CCSCC1)N1CCC(NC(=O)OC(C)(C)C)C1.I. The largest absolute Gasteiger partial charge is 0.444 e. The summed E-state index contributed by atoms with van der Waals surface area (Å²) in [7, 11) is -3.27. The lowest BCUT2D eigenvalue weighted by Gasteiger charge is -2.25. The molecule has 1 atom stereocenters. The number of carbonyl (C=O) groups is 1. The number of amides is 1. The zero-order valence-corrected chi connectivity index (χ0v) is 22.3. The molecule has 176 valence electrons. The summed E-state index contributed by atoms with van der Waals surface area (Å²) in [6.45, 7) is 10.9. The Hall–Kier alpha value is -0.470. The van der Waals surface area contributed by atoms with E-state index >= 15 is 0 Å². The average Bonchev–Trinajstić information content (AvgIpc) is 3.08. The maximum absolute atomic E-state index is 12.5. The summed E-state index contributed by atoms with van der Waals surface area (Å²) in [6, 6.07) is -0.0247. The summed E-state index contributed by atoms with van der Waals surface area (Å²) < 4.78 is 31.9. The fraction of sp³-hybridized carbons (Fsp3) is 0.889. The van der Waals surface area contributed by atoms with E-state index in [4.69, 9.17) is 4.74 Å². The van der Waals surface area contributed by atoms with E-state index in [2.05, 4.69) is 20.5 Å². The highest BCUT2D eigenvalue weighted by atomic mass is 127. The molecule has 9 nitrogen and oxygen atoms in total. The number of likely N-dealkylation sites (tertiary alicyclic amines) is 1. The number of sulfonamides is 1. The molecule has 2 aliphatic heterocycles.